The van der Waals surface area contributed by atoms with E-state index in [0.717, 1.165) is 9.48 Å². The first-order chi connectivity index (χ1) is 16.3. The van der Waals surface area contributed by atoms with Crippen molar-refractivity contribution in [2.24, 2.45) is 5.92 Å². The summed E-state index contributed by atoms with van der Waals surface area (Å²) in [7, 11) is 0. The number of nitrogens with one attached hydrogen (secondary N) is 2. The Morgan fingerprint density at radius 2 is 1.65 bits per heavy atom. The molecule has 0 aliphatic carbocycles. The van der Waals surface area contributed by atoms with Gasteiger partial charge in [0.15, 0.2) is 6.61 Å². The fourth-order valence-electron chi connectivity index (χ4n) is 3.12. The van der Waals surface area contributed by atoms with Crippen molar-refractivity contribution in [2.75, 3.05) is 25.1 Å². The van der Waals surface area contributed by atoms with E-state index in [0.29, 0.717) is 16.8 Å². The SMILES string of the molecule is CCOC(=O)c1ccc(NC(=O)COC(=O)[C@@H]2CC(=O)N(NC(=O)c3ccc(Br)cc3)C2)cc1. The van der Waals surface area contributed by atoms with Gasteiger partial charge >= 0.3 is 11.9 Å². The standard InChI is InChI=1S/C23H22BrN3O7/c1-2-33-22(31)15-5-9-18(10-6-15)25-19(28)13-34-23(32)16-11-20(29)27(12-16)26-21(30)14-3-7-17(24)8-4-14/h3-10,16H,2,11-13H2,1H3,(H,25,28)(H,26,30)/t16-/m1/s1. The first-order valence-electron chi connectivity index (χ1n) is 10.4. The monoisotopic (exact) mass is 531 g/mol. The number of benzene rings is 2. The van der Waals surface area contributed by atoms with E-state index in [9.17, 15) is 24.0 Å². The van der Waals surface area contributed by atoms with Crippen molar-refractivity contribution in [3.8, 4) is 0 Å². The highest BCUT2D eigenvalue weighted by atomic mass is 79.9. The van der Waals surface area contributed by atoms with Gasteiger partial charge in [-0.2, -0.15) is 0 Å². The molecule has 2 aromatic rings. The van der Waals surface area contributed by atoms with Gasteiger partial charge in [0.25, 0.3) is 11.8 Å². The van der Waals surface area contributed by atoms with E-state index in [4.69, 9.17) is 9.47 Å². The maximum atomic E-state index is 12.3. The third-order valence-electron chi connectivity index (χ3n) is 4.83. The minimum absolute atomic E-state index is 0.0587. The van der Waals surface area contributed by atoms with Crippen LogP contribution in [0.5, 0.6) is 0 Å². The third-order valence-corrected chi connectivity index (χ3v) is 5.36. The Morgan fingerprint density at radius 3 is 2.29 bits per heavy atom. The molecule has 1 aliphatic heterocycles. The molecule has 2 N–H and O–H groups in total. The Labute approximate surface area is 203 Å². The lowest BCUT2D eigenvalue weighted by atomic mass is 10.1. The fourth-order valence-corrected chi connectivity index (χ4v) is 3.38. The number of carbonyl (C=O) groups is 5. The molecule has 2 aromatic carbocycles. The number of carbonyl (C=O) groups excluding carboxylic acids is 5. The number of nitrogens with zero attached hydrogens (tertiary/aromatic N) is 1. The van der Waals surface area contributed by atoms with Gasteiger partial charge < -0.3 is 14.8 Å². The first-order valence-corrected chi connectivity index (χ1v) is 11.2. The number of hydrogen-bond donors (Lipinski definition) is 2. The summed E-state index contributed by atoms with van der Waals surface area (Å²) >= 11 is 3.28. The summed E-state index contributed by atoms with van der Waals surface area (Å²) in [5, 5.41) is 3.62. The summed E-state index contributed by atoms with van der Waals surface area (Å²) in [6, 6.07) is 12.6. The quantitative estimate of drug-likeness (QED) is 0.499. The van der Waals surface area contributed by atoms with E-state index in [2.05, 4.69) is 26.7 Å². The van der Waals surface area contributed by atoms with Crippen LogP contribution in [0.4, 0.5) is 5.69 Å². The molecule has 1 fully saturated rings. The lowest BCUT2D eigenvalue weighted by molar-refractivity contribution is -0.151. The van der Waals surface area contributed by atoms with Gasteiger partial charge in [-0.25, -0.2) is 4.79 Å². The molecule has 178 valence electrons. The molecule has 11 heteroatoms. The third kappa shape index (κ3) is 6.64. The molecular weight excluding hydrogens is 510 g/mol. The zero-order valence-corrected chi connectivity index (χ0v) is 19.8. The molecule has 3 amide bonds. The van der Waals surface area contributed by atoms with Crippen LogP contribution >= 0.6 is 15.9 Å². The van der Waals surface area contributed by atoms with Crippen LogP contribution in [0.15, 0.2) is 53.0 Å². The number of anilines is 1. The van der Waals surface area contributed by atoms with Gasteiger partial charge in [0, 0.05) is 22.1 Å². The summed E-state index contributed by atoms with van der Waals surface area (Å²) in [5.74, 6) is -3.50. The second-order valence-corrected chi connectivity index (χ2v) is 8.22. The van der Waals surface area contributed by atoms with Gasteiger partial charge in [-0.15, -0.1) is 0 Å². The van der Waals surface area contributed by atoms with Crippen LogP contribution in [-0.2, 0) is 23.9 Å². The molecule has 0 unspecified atom stereocenters. The number of esters is 2. The molecule has 1 atom stereocenters. The molecule has 34 heavy (non-hydrogen) atoms. The number of ether oxygens (including phenoxy) is 2. The van der Waals surface area contributed by atoms with Crippen molar-refractivity contribution in [3.63, 3.8) is 0 Å². The highest BCUT2D eigenvalue weighted by Crippen LogP contribution is 2.18. The zero-order chi connectivity index (χ0) is 24.7. The molecule has 10 nitrogen and oxygen atoms in total. The molecule has 1 saturated heterocycles. The molecule has 0 aromatic heterocycles. The van der Waals surface area contributed by atoms with Crippen molar-refractivity contribution in [3.05, 3.63) is 64.1 Å². The molecular formula is C23H22BrN3O7. The second-order valence-electron chi connectivity index (χ2n) is 7.31. The van der Waals surface area contributed by atoms with E-state index >= 15 is 0 Å². The summed E-state index contributed by atoms with van der Waals surface area (Å²) in [6.07, 6.45) is -0.142. The minimum Gasteiger partial charge on any atom is -0.462 e. The first kappa shape index (κ1) is 24.9. The highest BCUT2D eigenvalue weighted by molar-refractivity contribution is 9.10. The number of hydrazine groups is 1. The van der Waals surface area contributed by atoms with Gasteiger partial charge in [0.05, 0.1) is 24.6 Å². The van der Waals surface area contributed by atoms with Crippen molar-refractivity contribution in [2.45, 2.75) is 13.3 Å². The summed E-state index contributed by atoms with van der Waals surface area (Å²) in [4.78, 5) is 60.5. The average Bonchev–Trinajstić information content (AvgIpc) is 3.18. The van der Waals surface area contributed by atoms with Crippen molar-refractivity contribution >= 4 is 51.3 Å². The Kier molecular flexibility index (Phi) is 8.36. The molecule has 0 radical (unpaired) electrons. The highest BCUT2D eigenvalue weighted by Gasteiger charge is 2.36. The van der Waals surface area contributed by atoms with Crippen LogP contribution in [0.3, 0.4) is 0 Å². The van der Waals surface area contributed by atoms with E-state index in [1.165, 1.54) is 24.3 Å². The molecule has 0 bridgehead atoms. The maximum Gasteiger partial charge on any atom is 0.338 e. The predicted octanol–water partition coefficient (Wildman–Crippen LogP) is 2.30. The van der Waals surface area contributed by atoms with Gasteiger partial charge in [-0.05, 0) is 55.5 Å². The summed E-state index contributed by atoms with van der Waals surface area (Å²) in [5.41, 5.74) is 3.58. The summed E-state index contributed by atoms with van der Waals surface area (Å²) < 4.78 is 10.7. The van der Waals surface area contributed by atoms with Crippen LogP contribution in [0.25, 0.3) is 0 Å². The van der Waals surface area contributed by atoms with E-state index in [-0.39, 0.29) is 19.6 Å². The summed E-state index contributed by atoms with van der Waals surface area (Å²) in [6.45, 7) is 1.35. The van der Waals surface area contributed by atoms with Gasteiger partial charge in [0.1, 0.15) is 0 Å². The fraction of sp³-hybridized carbons (Fsp3) is 0.261. The largest absolute Gasteiger partial charge is 0.462 e. The van der Waals surface area contributed by atoms with Crippen molar-refractivity contribution < 1.29 is 33.4 Å². The second kappa shape index (κ2) is 11.4. The normalized spacial score (nSPS) is 14.9. The predicted molar refractivity (Wildman–Crippen MR) is 123 cm³/mol. The molecule has 0 spiro atoms. The van der Waals surface area contributed by atoms with Crippen molar-refractivity contribution in [1.82, 2.24) is 10.4 Å². The Balaban J connectivity index is 1.45. The van der Waals surface area contributed by atoms with Crippen LogP contribution < -0.4 is 10.7 Å². The molecule has 1 aliphatic rings. The Hall–Kier alpha value is -3.73. The number of halogens is 1. The lowest BCUT2D eigenvalue weighted by Gasteiger charge is -2.17. The zero-order valence-electron chi connectivity index (χ0n) is 18.2. The van der Waals surface area contributed by atoms with Crippen LogP contribution in [-0.4, -0.2) is 54.4 Å². The number of amides is 3. The van der Waals surface area contributed by atoms with Gasteiger partial charge in [-0.1, -0.05) is 15.9 Å². The average molecular weight is 532 g/mol. The molecule has 3 rings (SSSR count). The van der Waals surface area contributed by atoms with Crippen LogP contribution in [0.1, 0.15) is 34.1 Å². The smallest absolute Gasteiger partial charge is 0.338 e. The number of rotatable bonds is 8. The van der Waals surface area contributed by atoms with Gasteiger partial charge in [0.2, 0.25) is 5.91 Å². The topological polar surface area (TPSA) is 131 Å². The Morgan fingerprint density at radius 1 is 1.00 bits per heavy atom. The maximum absolute atomic E-state index is 12.3. The number of hydrogen-bond acceptors (Lipinski definition) is 7. The molecule has 0 saturated carbocycles. The van der Waals surface area contributed by atoms with Crippen LogP contribution in [0, 0.1) is 5.92 Å². The van der Waals surface area contributed by atoms with E-state index in [1.54, 1.807) is 31.2 Å². The lowest BCUT2D eigenvalue weighted by Crippen LogP contribution is -2.43. The van der Waals surface area contributed by atoms with E-state index in [1.807, 2.05) is 0 Å². The molecule has 1 heterocycles. The van der Waals surface area contributed by atoms with E-state index < -0.39 is 42.2 Å². The van der Waals surface area contributed by atoms with Gasteiger partial charge in [-0.3, -0.25) is 29.6 Å². The van der Waals surface area contributed by atoms with Crippen molar-refractivity contribution in [1.29, 1.82) is 0 Å². The minimum atomic E-state index is -0.811. The Bertz CT molecular complexity index is 1090. The van der Waals surface area contributed by atoms with Crippen LogP contribution in [0.2, 0.25) is 0 Å².